The predicted molar refractivity (Wildman–Crippen MR) is 144 cm³/mol. The van der Waals surface area contributed by atoms with Crippen molar-refractivity contribution in [3.8, 4) is 11.8 Å². The highest BCUT2D eigenvalue weighted by Crippen LogP contribution is 2.43. The Hall–Kier alpha value is -3.10. The maximum Gasteiger partial charge on any atom is 0.433 e. The van der Waals surface area contributed by atoms with Gasteiger partial charge in [0.25, 0.3) is 5.91 Å². The number of carbonyl (C=O) groups excluding carboxylic acids is 2. The number of rotatable bonds is 7. The standard InChI is InChI=1S/C28H29Cl2F4N3O4/c1-26(2,3)8-5-11-36(15-21(38)22-19(29)12-16(31)13-20(22)30)24(39)18-14-35-37(23(18)28(32,33)34)17-6-9-27(4,10-7-17)25(40)41/h12-14,17H,6-7,9-11,15H2,1-4H3,(H,40,41)/t17-,27-. The summed E-state index contributed by atoms with van der Waals surface area (Å²) in [6, 6.07) is 0.933. The molecule has 0 spiro atoms. The fourth-order valence-corrected chi connectivity index (χ4v) is 5.28. The third kappa shape index (κ3) is 7.60. The molecule has 0 bridgehead atoms. The topological polar surface area (TPSA) is 92.5 Å². The van der Waals surface area contributed by atoms with Crippen LogP contribution in [-0.4, -0.2) is 50.5 Å². The fourth-order valence-electron chi connectivity index (χ4n) is 4.61. The summed E-state index contributed by atoms with van der Waals surface area (Å²) in [4.78, 5) is 39.1. The van der Waals surface area contributed by atoms with E-state index in [9.17, 15) is 37.1 Å². The lowest BCUT2D eigenvalue weighted by molar-refractivity contribution is -0.152. The number of carboxylic acids is 1. The van der Waals surface area contributed by atoms with Crippen LogP contribution >= 0.6 is 23.2 Å². The number of halogens is 6. The van der Waals surface area contributed by atoms with Gasteiger partial charge < -0.3 is 10.0 Å². The van der Waals surface area contributed by atoms with Gasteiger partial charge in [0, 0.05) is 5.41 Å². The molecule has 2 aromatic rings. The third-order valence-electron chi connectivity index (χ3n) is 6.86. The number of alkyl halides is 3. The Labute approximate surface area is 244 Å². The fraction of sp³-hybridized carbons (Fsp3) is 0.500. The molecular formula is C28H29Cl2F4N3O4. The molecule has 1 aromatic carbocycles. The second kappa shape index (κ2) is 12.0. The summed E-state index contributed by atoms with van der Waals surface area (Å²) in [5, 5.41) is 12.7. The Balaban J connectivity index is 2.01. The summed E-state index contributed by atoms with van der Waals surface area (Å²) in [7, 11) is 0. The molecule has 1 aliphatic rings. The van der Waals surface area contributed by atoms with E-state index in [4.69, 9.17) is 23.2 Å². The van der Waals surface area contributed by atoms with Crippen LogP contribution in [0, 0.1) is 28.5 Å². The molecular weight excluding hydrogens is 589 g/mol. The van der Waals surface area contributed by atoms with Crippen LogP contribution in [0.5, 0.6) is 0 Å². The van der Waals surface area contributed by atoms with Gasteiger partial charge >= 0.3 is 12.1 Å². The highest BCUT2D eigenvalue weighted by atomic mass is 35.5. The molecule has 0 unspecified atom stereocenters. The summed E-state index contributed by atoms with van der Waals surface area (Å²) < 4.78 is 57.5. The van der Waals surface area contributed by atoms with E-state index < -0.39 is 70.9 Å². The van der Waals surface area contributed by atoms with E-state index in [1.54, 1.807) is 27.7 Å². The second-order valence-corrected chi connectivity index (χ2v) is 12.1. The molecule has 1 N–H and O–H groups in total. The monoisotopic (exact) mass is 617 g/mol. The average molecular weight is 618 g/mol. The Kier molecular flexibility index (Phi) is 9.50. The van der Waals surface area contributed by atoms with Crippen molar-refractivity contribution in [3.05, 3.63) is 51.0 Å². The normalized spacial score (nSPS) is 19.3. The van der Waals surface area contributed by atoms with Crippen LogP contribution < -0.4 is 0 Å². The first-order valence-electron chi connectivity index (χ1n) is 12.7. The molecule has 13 heteroatoms. The molecule has 3 rings (SSSR count). The van der Waals surface area contributed by atoms with E-state index in [1.165, 1.54) is 0 Å². The van der Waals surface area contributed by atoms with Gasteiger partial charge in [-0.3, -0.25) is 19.1 Å². The Bertz CT molecular complexity index is 1390. The number of hydrogen-bond donors (Lipinski definition) is 1. The molecule has 1 amide bonds. The van der Waals surface area contributed by atoms with Crippen molar-refractivity contribution >= 4 is 40.9 Å². The molecule has 1 fully saturated rings. The zero-order valence-corrected chi connectivity index (χ0v) is 24.3. The Morgan fingerprint density at radius 2 is 1.71 bits per heavy atom. The Morgan fingerprint density at radius 1 is 1.15 bits per heavy atom. The average Bonchev–Trinajstić information content (AvgIpc) is 3.28. The lowest BCUT2D eigenvalue weighted by Crippen LogP contribution is -2.38. The van der Waals surface area contributed by atoms with Gasteiger partial charge in [-0.1, -0.05) is 35.0 Å². The van der Waals surface area contributed by atoms with Crippen LogP contribution in [-0.2, 0) is 11.0 Å². The van der Waals surface area contributed by atoms with E-state index >= 15 is 0 Å². The first-order chi connectivity index (χ1) is 18.8. The van der Waals surface area contributed by atoms with Gasteiger partial charge in [-0.25, -0.2) is 4.39 Å². The maximum absolute atomic E-state index is 14.4. The SMILES string of the molecule is CC(C)(C)C#CCN(CC(=O)c1c(Cl)cc(F)cc1Cl)C(=O)c1cnn([C@H]2CC[C@](C)(C(=O)O)CC2)c1C(F)(F)F. The number of nitrogens with zero attached hydrogens (tertiary/aromatic N) is 3. The van der Waals surface area contributed by atoms with Crippen molar-refractivity contribution in [1.82, 2.24) is 14.7 Å². The number of aliphatic carboxylic acids is 1. The van der Waals surface area contributed by atoms with Crippen molar-refractivity contribution in [2.45, 2.75) is 65.6 Å². The molecule has 7 nitrogen and oxygen atoms in total. The van der Waals surface area contributed by atoms with Gasteiger partial charge in [-0.2, -0.15) is 18.3 Å². The largest absolute Gasteiger partial charge is 0.481 e. The number of benzene rings is 1. The van der Waals surface area contributed by atoms with Gasteiger partial charge in [0.1, 0.15) is 5.82 Å². The number of carbonyl (C=O) groups is 3. The number of hydrogen-bond acceptors (Lipinski definition) is 4. The molecule has 0 radical (unpaired) electrons. The van der Waals surface area contributed by atoms with Crippen LogP contribution in [0.3, 0.4) is 0 Å². The third-order valence-corrected chi connectivity index (χ3v) is 7.45. The van der Waals surface area contributed by atoms with Crippen LogP contribution in [0.4, 0.5) is 17.6 Å². The molecule has 1 saturated carbocycles. The van der Waals surface area contributed by atoms with Gasteiger partial charge in [0.05, 0.1) is 51.9 Å². The van der Waals surface area contributed by atoms with Crippen LogP contribution in [0.25, 0.3) is 0 Å². The Morgan fingerprint density at radius 3 is 2.20 bits per heavy atom. The van der Waals surface area contributed by atoms with Crippen molar-refractivity contribution in [1.29, 1.82) is 0 Å². The minimum Gasteiger partial charge on any atom is -0.481 e. The second-order valence-electron chi connectivity index (χ2n) is 11.3. The van der Waals surface area contributed by atoms with Crippen molar-refractivity contribution < 1.29 is 37.1 Å². The highest BCUT2D eigenvalue weighted by Gasteiger charge is 2.45. The zero-order chi connectivity index (χ0) is 30.9. The molecule has 1 aromatic heterocycles. The lowest BCUT2D eigenvalue weighted by atomic mass is 9.74. The number of aromatic nitrogens is 2. The number of carboxylic acid groups (broad SMARTS) is 1. The summed E-state index contributed by atoms with van der Waals surface area (Å²) in [6.45, 7) is 5.77. The van der Waals surface area contributed by atoms with E-state index in [0.29, 0.717) is 0 Å². The van der Waals surface area contributed by atoms with E-state index in [0.717, 1.165) is 27.9 Å². The molecule has 222 valence electrons. The molecule has 1 aliphatic carbocycles. The molecule has 0 aliphatic heterocycles. The molecule has 0 atom stereocenters. The smallest absolute Gasteiger partial charge is 0.433 e. The van der Waals surface area contributed by atoms with Gasteiger partial charge in [0.15, 0.2) is 11.5 Å². The summed E-state index contributed by atoms with van der Waals surface area (Å²) >= 11 is 12.0. The van der Waals surface area contributed by atoms with E-state index in [2.05, 4.69) is 16.9 Å². The number of ketones is 1. The zero-order valence-electron chi connectivity index (χ0n) is 22.8. The first-order valence-corrected chi connectivity index (χ1v) is 13.4. The number of Topliss-reactive ketones (excluding diaryl/α,β-unsaturated/α-hetero) is 1. The van der Waals surface area contributed by atoms with Crippen LogP contribution in [0.15, 0.2) is 18.3 Å². The van der Waals surface area contributed by atoms with Gasteiger partial charge in [-0.05, 0) is 65.5 Å². The van der Waals surface area contributed by atoms with Gasteiger partial charge in [0.2, 0.25) is 0 Å². The van der Waals surface area contributed by atoms with E-state index in [-0.39, 0.29) is 41.3 Å². The minimum atomic E-state index is -4.99. The molecule has 0 saturated heterocycles. The predicted octanol–water partition coefficient (Wildman–Crippen LogP) is 6.93. The summed E-state index contributed by atoms with van der Waals surface area (Å²) in [6.07, 6.45) is -3.70. The van der Waals surface area contributed by atoms with Crippen molar-refractivity contribution in [3.63, 3.8) is 0 Å². The number of amides is 1. The van der Waals surface area contributed by atoms with Crippen LogP contribution in [0.1, 0.15) is 85.8 Å². The molecule has 41 heavy (non-hydrogen) atoms. The summed E-state index contributed by atoms with van der Waals surface area (Å²) in [5.74, 6) is 1.80. The lowest BCUT2D eigenvalue weighted by Gasteiger charge is -2.34. The van der Waals surface area contributed by atoms with Crippen molar-refractivity contribution in [2.24, 2.45) is 10.8 Å². The summed E-state index contributed by atoms with van der Waals surface area (Å²) in [5.41, 5.74) is -3.94. The molecule has 1 heterocycles. The van der Waals surface area contributed by atoms with Gasteiger partial charge in [-0.15, -0.1) is 0 Å². The minimum absolute atomic E-state index is 0.113. The first kappa shape index (κ1) is 32.4. The van der Waals surface area contributed by atoms with Crippen LogP contribution in [0.2, 0.25) is 10.0 Å². The van der Waals surface area contributed by atoms with Crippen molar-refractivity contribution in [2.75, 3.05) is 13.1 Å². The van der Waals surface area contributed by atoms with E-state index in [1.807, 2.05) is 0 Å². The quantitative estimate of drug-likeness (QED) is 0.207. The maximum atomic E-state index is 14.4. The highest BCUT2D eigenvalue weighted by molar-refractivity contribution is 6.40.